The quantitative estimate of drug-likeness (QED) is 0.342. The molecule has 30 heavy (non-hydrogen) atoms. The van der Waals surface area contributed by atoms with E-state index in [1.807, 2.05) is 13.8 Å². The van der Waals surface area contributed by atoms with E-state index in [1.54, 1.807) is 36.6 Å². The minimum atomic E-state index is -0.644. The fourth-order valence-corrected chi connectivity index (χ4v) is 3.73. The second kappa shape index (κ2) is 11.3. The number of thioether (sulfide) groups is 1. The van der Waals surface area contributed by atoms with Crippen molar-refractivity contribution in [1.29, 1.82) is 0 Å². The highest BCUT2D eigenvalue weighted by molar-refractivity contribution is 8.00. The number of hydrogen-bond acceptors (Lipinski definition) is 6. The number of nitrogens with one attached hydrogen (secondary N) is 2. The topological polar surface area (TPSA) is 102 Å². The third-order valence-corrected chi connectivity index (χ3v) is 5.41. The lowest BCUT2D eigenvalue weighted by atomic mass is 10.2. The van der Waals surface area contributed by atoms with Crippen LogP contribution in [0.5, 0.6) is 0 Å². The van der Waals surface area contributed by atoms with Crippen molar-refractivity contribution in [2.24, 2.45) is 0 Å². The van der Waals surface area contributed by atoms with Gasteiger partial charge in [0.05, 0.1) is 22.3 Å². The third-order valence-electron chi connectivity index (χ3n) is 4.09. The molecule has 2 aromatic rings. The Hall–Kier alpha value is -2.10. The van der Waals surface area contributed by atoms with E-state index in [9.17, 15) is 14.4 Å². The zero-order valence-electron chi connectivity index (χ0n) is 17.5. The van der Waals surface area contributed by atoms with Crippen LogP contribution in [0.2, 0.25) is 5.02 Å². The first-order chi connectivity index (χ1) is 14.2. The van der Waals surface area contributed by atoms with Crippen molar-refractivity contribution in [2.75, 3.05) is 13.2 Å². The Labute approximate surface area is 184 Å². The smallest absolute Gasteiger partial charge is 0.321 e. The summed E-state index contributed by atoms with van der Waals surface area (Å²) < 4.78 is 7.11. The highest BCUT2D eigenvalue weighted by Crippen LogP contribution is 2.24. The van der Waals surface area contributed by atoms with Gasteiger partial charge in [0, 0.05) is 24.7 Å². The molecule has 8 nitrogen and oxygen atoms in total. The van der Waals surface area contributed by atoms with Gasteiger partial charge in [-0.2, -0.15) is 0 Å². The van der Waals surface area contributed by atoms with Crippen LogP contribution in [0.4, 0.5) is 4.79 Å². The van der Waals surface area contributed by atoms with Gasteiger partial charge < -0.3 is 10.1 Å². The number of imide groups is 1. The Balaban J connectivity index is 2.30. The van der Waals surface area contributed by atoms with E-state index in [2.05, 4.69) is 15.6 Å². The maximum Gasteiger partial charge on any atom is 0.321 e. The second-order valence-electron chi connectivity index (χ2n) is 6.89. The first kappa shape index (κ1) is 24.2. The van der Waals surface area contributed by atoms with Crippen molar-refractivity contribution in [2.45, 2.75) is 57.2 Å². The number of urea groups is 1. The predicted molar refractivity (Wildman–Crippen MR) is 119 cm³/mol. The number of amides is 3. The van der Waals surface area contributed by atoms with E-state index in [-0.39, 0.29) is 11.7 Å². The molecule has 1 heterocycles. The molecule has 0 spiro atoms. The Morgan fingerprint density at radius 2 is 2.03 bits per heavy atom. The first-order valence-electron chi connectivity index (χ1n) is 9.80. The van der Waals surface area contributed by atoms with Crippen LogP contribution in [0.15, 0.2) is 28.2 Å². The SMILES string of the molecule is CCNC(=O)NC(=O)C(C)Sc1nc2cc(Cl)ccc2c(=O)n1CCCOC(C)C. The van der Waals surface area contributed by atoms with Gasteiger partial charge in [-0.15, -0.1) is 0 Å². The monoisotopic (exact) mass is 454 g/mol. The van der Waals surface area contributed by atoms with Crippen LogP contribution in [0, 0.1) is 0 Å². The van der Waals surface area contributed by atoms with Gasteiger partial charge in [0.25, 0.3) is 5.56 Å². The fourth-order valence-electron chi connectivity index (χ4n) is 2.63. The van der Waals surface area contributed by atoms with Crippen LogP contribution < -0.4 is 16.2 Å². The molecule has 0 radical (unpaired) electrons. The second-order valence-corrected chi connectivity index (χ2v) is 8.64. The highest BCUT2D eigenvalue weighted by Gasteiger charge is 2.21. The number of hydrogen-bond donors (Lipinski definition) is 2. The minimum Gasteiger partial charge on any atom is -0.379 e. The van der Waals surface area contributed by atoms with Gasteiger partial charge in [0.15, 0.2) is 5.16 Å². The largest absolute Gasteiger partial charge is 0.379 e. The molecule has 0 aliphatic carbocycles. The van der Waals surface area contributed by atoms with Gasteiger partial charge in [-0.25, -0.2) is 9.78 Å². The molecule has 2 rings (SSSR count). The van der Waals surface area contributed by atoms with E-state index in [0.29, 0.717) is 47.2 Å². The lowest BCUT2D eigenvalue weighted by molar-refractivity contribution is -0.119. The van der Waals surface area contributed by atoms with Crippen LogP contribution in [0.25, 0.3) is 10.9 Å². The summed E-state index contributed by atoms with van der Waals surface area (Å²) in [6.07, 6.45) is 0.719. The summed E-state index contributed by atoms with van der Waals surface area (Å²) in [5, 5.41) is 5.45. The third kappa shape index (κ3) is 6.72. The lowest BCUT2D eigenvalue weighted by Crippen LogP contribution is -2.42. The normalized spacial score (nSPS) is 12.2. The zero-order valence-corrected chi connectivity index (χ0v) is 19.1. The molecule has 0 aliphatic heterocycles. The van der Waals surface area contributed by atoms with Gasteiger partial charge in [0.2, 0.25) is 5.91 Å². The van der Waals surface area contributed by atoms with Gasteiger partial charge in [-0.3, -0.25) is 19.5 Å². The average molecular weight is 455 g/mol. The molecule has 0 fully saturated rings. The van der Waals surface area contributed by atoms with Crippen LogP contribution in [-0.4, -0.2) is 46.0 Å². The number of halogens is 1. The molecule has 1 aromatic carbocycles. The Kier molecular flexibility index (Phi) is 9.13. The van der Waals surface area contributed by atoms with Crippen molar-refractivity contribution >= 4 is 46.2 Å². The number of rotatable bonds is 9. The predicted octanol–water partition coefficient (Wildman–Crippen LogP) is 3.19. The molecular weight excluding hydrogens is 428 g/mol. The molecule has 0 aliphatic rings. The van der Waals surface area contributed by atoms with E-state index < -0.39 is 17.2 Å². The van der Waals surface area contributed by atoms with Crippen molar-refractivity contribution < 1.29 is 14.3 Å². The number of nitrogens with zero attached hydrogens (tertiary/aromatic N) is 2. The molecule has 2 N–H and O–H groups in total. The Morgan fingerprint density at radius 3 is 2.70 bits per heavy atom. The molecule has 164 valence electrons. The fraction of sp³-hybridized carbons (Fsp3) is 0.500. The number of carbonyl (C=O) groups is 2. The summed E-state index contributed by atoms with van der Waals surface area (Å²) in [6.45, 7) is 8.61. The lowest BCUT2D eigenvalue weighted by Gasteiger charge is -2.16. The summed E-state index contributed by atoms with van der Waals surface area (Å²) in [4.78, 5) is 41.6. The summed E-state index contributed by atoms with van der Waals surface area (Å²) in [7, 11) is 0. The summed E-state index contributed by atoms with van der Waals surface area (Å²) in [5.74, 6) is -0.471. The number of ether oxygens (including phenoxy) is 1. The van der Waals surface area contributed by atoms with Crippen molar-refractivity contribution in [1.82, 2.24) is 20.2 Å². The summed E-state index contributed by atoms with van der Waals surface area (Å²) in [5.41, 5.74) is 0.251. The van der Waals surface area contributed by atoms with Gasteiger partial charge >= 0.3 is 6.03 Å². The highest BCUT2D eigenvalue weighted by atomic mass is 35.5. The van der Waals surface area contributed by atoms with Gasteiger partial charge in [-0.1, -0.05) is 23.4 Å². The van der Waals surface area contributed by atoms with Gasteiger partial charge in [0.1, 0.15) is 0 Å². The van der Waals surface area contributed by atoms with E-state index in [1.165, 1.54) is 0 Å². The van der Waals surface area contributed by atoms with Crippen LogP contribution in [0.3, 0.4) is 0 Å². The molecule has 1 unspecified atom stereocenters. The van der Waals surface area contributed by atoms with E-state index in [0.717, 1.165) is 11.8 Å². The number of aromatic nitrogens is 2. The molecular formula is C20H27ClN4O4S. The molecule has 10 heteroatoms. The van der Waals surface area contributed by atoms with Crippen molar-refractivity contribution in [3.05, 3.63) is 33.6 Å². The molecule has 3 amide bonds. The van der Waals surface area contributed by atoms with Crippen molar-refractivity contribution in [3.8, 4) is 0 Å². The van der Waals surface area contributed by atoms with Crippen LogP contribution >= 0.6 is 23.4 Å². The summed E-state index contributed by atoms with van der Waals surface area (Å²) >= 11 is 7.17. The van der Waals surface area contributed by atoms with E-state index in [4.69, 9.17) is 16.3 Å². The molecule has 1 atom stereocenters. The molecule has 0 bridgehead atoms. The molecule has 0 saturated carbocycles. The Morgan fingerprint density at radius 1 is 1.30 bits per heavy atom. The van der Waals surface area contributed by atoms with E-state index >= 15 is 0 Å². The van der Waals surface area contributed by atoms with Gasteiger partial charge in [-0.05, 0) is 52.3 Å². The number of benzene rings is 1. The van der Waals surface area contributed by atoms with Crippen molar-refractivity contribution in [3.63, 3.8) is 0 Å². The zero-order chi connectivity index (χ0) is 22.3. The molecule has 1 aromatic heterocycles. The molecule has 0 saturated heterocycles. The number of carbonyl (C=O) groups excluding carboxylic acids is 2. The summed E-state index contributed by atoms with van der Waals surface area (Å²) in [6, 6.07) is 4.35. The average Bonchev–Trinajstić information content (AvgIpc) is 2.66. The van der Waals surface area contributed by atoms with Crippen LogP contribution in [-0.2, 0) is 16.1 Å². The first-order valence-corrected chi connectivity index (χ1v) is 11.1. The Bertz CT molecular complexity index is 964. The maximum absolute atomic E-state index is 13.1. The van der Waals surface area contributed by atoms with Crippen LogP contribution in [0.1, 0.15) is 34.1 Å². The minimum absolute atomic E-state index is 0.102. The maximum atomic E-state index is 13.1. The number of fused-ring (bicyclic) bond motifs is 1. The standard InChI is InChI=1S/C20H27ClN4O4S/c1-5-22-19(28)24-17(26)13(4)30-20-23-16-11-14(21)7-8-15(16)18(27)25(20)9-6-10-29-12(2)3/h7-8,11-13H,5-6,9-10H2,1-4H3,(H2,22,24,26,28).